The van der Waals surface area contributed by atoms with Gasteiger partial charge in [-0.3, -0.25) is 0 Å². The number of hydrogen-bond donors (Lipinski definition) is 0. The highest BCUT2D eigenvalue weighted by atomic mass is 16.3. The first-order valence-corrected chi connectivity index (χ1v) is 18.9. The third kappa shape index (κ3) is 5.39. The molecule has 0 unspecified atom stereocenters. The van der Waals surface area contributed by atoms with Crippen LogP contribution in [-0.4, -0.2) is 14.5 Å². The van der Waals surface area contributed by atoms with E-state index in [1.165, 1.54) is 27.5 Å². The Balaban J connectivity index is 1.03. The van der Waals surface area contributed by atoms with Crippen LogP contribution in [0.3, 0.4) is 0 Å². The topological polar surface area (TPSA) is 43.9 Å². The molecular formula is C52H33N3O. The van der Waals surface area contributed by atoms with E-state index >= 15 is 0 Å². The highest BCUT2D eigenvalue weighted by molar-refractivity contribution is 6.16. The van der Waals surface area contributed by atoms with Crippen LogP contribution in [0.15, 0.2) is 205 Å². The van der Waals surface area contributed by atoms with E-state index in [-0.39, 0.29) is 0 Å². The lowest BCUT2D eigenvalue weighted by Gasteiger charge is -2.11. The van der Waals surface area contributed by atoms with Gasteiger partial charge in [0.2, 0.25) is 0 Å². The molecule has 0 radical (unpaired) electrons. The van der Waals surface area contributed by atoms with Crippen LogP contribution < -0.4 is 0 Å². The van der Waals surface area contributed by atoms with Gasteiger partial charge in [-0.15, -0.1) is 0 Å². The summed E-state index contributed by atoms with van der Waals surface area (Å²) in [7, 11) is 0. The standard InChI is InChI=1S/C52H33N3O/c1-4-13-34(14-5-1)39-27-29-49-43(31-39)44-32-40(28-30-50(44)56-49)55-47-21-11-10-19-42(47)51-41(20-12-22-48(51)55)35-23-25-37(26-24-35)46-33-45(36-15-6-2-7-16-36)53-52(54-46)38-17-8-3-9-18-38/h1-33H. The summed E-state index contributed by atoms with van der Waals surface area (Å²) >= 11 is 0. The molecule has 0 fully saturated rings. The van der Waals surface area contributed by atoms with Crippen molar-refractivity contribution in [2.45, 2.75) is 0 Å². The first kappa shape index (κ1) is 31.9. The van der Waals surface area contributed by atoms with Crippen molar-refractivity contribution in [1.82, 2.24) is 14.5 Å². The van der Waals surface area contributed by atoms with Crippen LogP contribution >= 0.6 is 0 Å². The van der Waals surface area contributed by atoms with Crippen molar-refractivity contribution in [1.29, 1.82) is 0 Å². The van der Waals surface area contributed by atoms with Crippen molar-refractivity contribution >= 4 is 43.7 Å². The molecule has 11 aromatic rings. The lowest BCUT2D eigenvalue weighted by Crippen LogP contribution is -1.95. The number of nitrogens with zero attached hydrogens (tertiary/aromatic N) is 3. The van der Waals surface area contributed by atoms with Gasteiger partial charge in [0, 0.05) is 43.9 Å². The fraction of sp³-hybridized carbons (Fsp3) is 0. The monoisotopic (exact) mass is 715 g/mol. The van der Waals surface area contributed by atoms with Crippen LogP contribution in [0.25, 0.3) is 106 Å². The summed E-state index contributed by atoms with van der Waals surface area (Å²) in [5, 5.41) is 4.64. The number of furan rings is 1. The van der Waals surface area contributed by atoms with Gasteiger partial charge in [-0.05, 0) is 70.8 Å². The summed E-state index contributed by atoms with van der Waals surface area (Å²) in [5.41, 5.74) is 14.7. The molecule has 56 heavy (non-hydrogen) atoms. The van der Waals surface area contributed by atoms with Crippen molar-refractivity contribution < 1.29 is 4.42 Å². The average molecular weight is 716 g/mol. The maximum Gasteiger partial charge on any atom is 0.160 e. The normalized spacial score (nSPS) is 11.6. The van der Waals surface area contributed by atoms with Gasteiger partial charge in [0.25, 0.3) is 0 Å². The van der Waals surface area contributed by atoms with E-state index in [1.807, 2.05) is 36.4 Å². The Morgan fingerprint density at radius 3 is 1.64 bits per heavy atom. The van der Waals surface area contributed by atoms with E-state index in [1.54, 1.807) is 0 Å². The Hall–Kier alpha value is -7.56. The largest absolute Gasteiger partial charge is 0.456 e. The highest BCUT2D eigenvalue weighted by Gasteiger charge is 2.18. The molecule has 0 saturated carbocycles. The quantitative estimate of drug-likeness (QED) is 0.172. The van der Waals surface area contributed by atoms with E-state index < -0.39 is 0 Å². The van der Waals surface area contributed by atoms with Gasteiger partial charge in [-0.2, -0.15) is 0 Å². The van der Waals surface area contributed by atoms with Gasteiger partial charge in [0.05, 0.1) is 22.4 Å². The molecule has 0 saturated heterocycles. The summed E-state index contributed by atoms with van der Waals surface area (Å²) in [5.74, 6) is 0.710. The minimum absolute atomic E-state index is 0.710. The van der Waals surface area contributed by atoms with Gasteiger partial charge in [0.1, 0.15) is 11.2 Å². The fourth-order valence-corrected chi connectivity index (χ4v) is 8.14. The van der Waals surface area contributed by atoms with E-state index in [0.29, 0.717) is 5.82 Å². The second-order valence-corrected chi connectivity index (χ2v) is 14.2. The Labute approximate surface area is 323 Å². The first-order valence-electron chi connectivity index (χ1n) is 18.9. The molecule has 11 rings (SSSR count). The maximum absolute atomic E-state index is 6.35. The smallest absolute Gasteiger partial charge is 0.160 e. The van der Waals surface area contributed by atoms with E-state index in [2.05, 4.69) is 168 Å². The summed E-state index contributed by atoms with van der Waals surface area (Å²) in [6, 6.07) is 70.3. The van der Waals surface area contributed by atoms with E-state index in [9.17, 15) is 0 Å². The van der Waals surface area contributed by atoms with Crippen LogP contribution in [-0.2, 0) is 0 Å². The predicted molar refractivity (Wildman–Crippen MR) is 231 cm³/mol. The highest BCUT2D eigenvalue weighted by Crippen LogP contribution is 2.41. The van der Waals surface area contributed by atoms with Crippen molar-refractivity contribution in [3.05, 3.63) is 200 Å². The SMILES string of the molecule is c1ccc(-c2ccc3oc4ccc(-n5c6ccccc6c6c(-c7ccc(-c8cc(-c9ccccc9)nc(-c9ccccc9)n8)cc7)cccc65)cc4c3c2)cc1. The van der Waals surface area contributed by atoms with Gasteiger partial charge < -0.3 is 8.98 Å². The van der Waals surface area contributed by atoms with Crippen molar-refractivity contribution in [2.75, 3.05) is 0 Å². The minimum atomic E-state index is 0.710. The second-order valence-electron chi connectivity index (χ2n) is 14.2. The third-order valence-electron chi connectivity index (χ3n) is 10.8. The molecule has 0 aliphatic rings. The molecule has 0 amide bonds. The molecule has 0 atom stereocenters. The molecule has 0 bridgehead atoms. The zero-order valence-corrected chi connectivity index (χ0v) is 30.3. The molecule has 3 heterocycles. The predicted octanol–water partition coefficient (Wildman–Crippen LogP) is 13.8. The van der Waals surface area contributed by atoms with Crippen LogP contribution in [0.4, 0.5) is 0 Å². The van der Waals surface area contributed by atoms with E-state index in [0.717, 1.165) is 72.3 Å². The van der Waals surface area contributed by atoms with Crippen molar-refractivity contribution in [2.24, 2.45) is 0 Å². The Bertz CT molecular complexity index is 3160. The van der Waals surface area contributed by atoms with Crippen molar-refractivity contribution in [3.63, 3.8) is 0 Å². The molecule has 4 nitrogen and oxygen atoms in total. The minimum Gasteiger partial charge on any atom is -0.456 e. The van der Waals surface area contributed by atoms with Crippen LogP contribution in [0.5, 0.6) is 0 Å². The third-order valence-corrected chi connectivity index (χ3v) is 10.8. The molecule has 4 heteroatoms. The zero-order valence-electron chi connectivity index (χ0n) is 30.3. The summed E-state index contributed by atoms with van der Waals surface area (Å²) < 4.78 is 8.74. The number of fused-ring (bicyclic) bond motifs is 6. The Morgan fingerprint density at radius 2 is 0.911 bits per heavy atom. The summed E-state index contributed by atoms with van der Waals surface area (Å²) in [6.07, 6.45) is 0. The lowest BCUT2D eigenvalue weighted by atomic mass is 9.97. The molecule has 8 aromatic carbocycles. The molecular weight excluding hydrogens is 683 g/mol. The molecule has 0 spiro atoms. The van der Waals surface area contributed by atoms with E-state index in [4.69, 9.17) is 14.4 Å². The number of hydrogen-bond acceptors (Lipinski definition) is 3. The number of rotatable bonds is 6. The van der Waals surface area contributed by atoms with Crippen LogP contribution in [0, 0.1) is 0 Å². The van der Waals surface area contributed by atoms with Crippen LogP contribution in [0.2, 0.25) is 0 Å². The lowest BCUT2D eigenvalue weighted by molar-refractivity contribution is 0.669. The van der Waals surface area contributed by atoms with Crippen LogP contribution in [0.1, 0.15) is 0 Å². The number of benzene rings is 8. The van der Waals surface area contributed by atoms with Gasteiger partial charge in [-0.1, -0.05) is 152 Å². The first-order chi connectivity index (χ1) is 27.7. The Kier molecular flexibility index (Phi) is 7.46. The van der Waals surface area contributed by atoms with Gasteiger partial charge in [0.15, 0.2) is 5.82 Å². The summed E-state index contributed by atoms with van der Waals surface area (Å²) in [6.45, 7) is 0. The fourth-order valence-electron chi connectivity index (χ4n) is 8.14. The maximum atomic E-state index is 6.35. The van der Waals surface area contributed by atoms with Gasteiger partial charge in [-0.25, -0.2) is 9.97 Å². The summed E-state index contributed by atoms with van der Waals surface area (Å²) in [4.78, 5) is 10.0. The second kappa shape index (κ2) is 13.1. The van der Waals surface area contributed by atoms with Gasteiger partial charge >= 0.3 is 0 Å². The molecule has 0 N–H and O–H groups in total. The Morgan fingerprint density at radius 1 is 0.357 bits per heavy atom. The number of para-hydroxylation sites is 1. The molecule has 3 aromatic heterocycles. The molecule has 0 aliphatic carbocycles. The molecule has 262 valence electrons. The molecule has 0 aliphatic heterocycles. The average Bonchev–Trinajstić information content (AvgIpc) is 3.82. The zero-order chi connectivity index (χ0) is 37.0. The van der Waals surface area contributed by atoms with Crippen molar-refractivity contribution in [3.8, 4) is 61.8 Å². The number of aromatic nitrogens is 3.